The van der Waals surface area contributed by atoms with E-state index >= 15 is 0 Å². The normalized spacial score (nSPS) is 17.6. The maximum atomic E-state index is 10.8. The van der Waals surface area contributed by atoms with E-state index in [1.165, 1.54) is 19.9 Å². The average molecular weight is 232 g/mol. The Morgan fingerprint density at radius 2 is 1.88 bits per heavy atom. The molecule has 0 fully saturated rings. The van der Waals surface area contributed by atoms with E-state index < -0.39 is 30.1 Å². The van der Waals surface area contributed by atoms with Crippen LogP contribution in [0.15, 0.2) is 11.6 Å². The van der Waals surface area contributed by atoms with Crippen molar-refractivity contribution >= 4 is 11.9 Å². The molecule has 16 heavy (non-hydrogen) atoms. The van der Waals surface area contributed by atoms with Crippen LogP contribution in [0.3, 0.4) is 0 Å². The second-order valence-electron chi connectivity index (χ2n) is 3.61. The predicted octanol–water partition coefficient (Wildman–Crippen LogP) is -0.148. The summed E-state index contributed by atoms with van der Waals surface area (Å²) in [7, 11) is 0. The van der Waals surface area contributed by atoms with Crippen molar-refractivity contribution in [3.8, 4) is 0 Å². The molecule has 0 aromatic rings. The highest BCUT2D eigenvalue weighted by Gasteiger charge is 2.41. The summed E-state index contributed by atoms with van der Waals surface area (Å²) in [4.78, 5) is 21.4. The summed E-state index contributed by atoms with van der Waals surface area (Å²) in [6.45, 7) is 1.92. The molecule has 0 bridgehead atoms. The number of aliphatic hydroxyl groups is 2. The van der Waals surface area contributed by atoms with Gasteiger partial charge in [0.1, 0.15) is 0 Å². The first-order chi connectivity index (χ1) is 7.29. The highest BCUT2D eigenvalue weighted by molar-refractivity contribution is 5.86. The minimum absolute atomic E-state index is 0.000579. The van der Waals surface area contributed by atoms with Crippen LogP contribution in [0.1, 0.15) is 20.3 Å². The molecule has 92 valence electrons. The second-order valence-corrected chi connectivity index (χ2v) is 3.61. The van der Waals surface area contributed by atoms with Gasteiger partial charge < -0.3 is 20.4 Å². The predicted molar refractivity (Wildman–Crippen MR) is 54.8 cm³/mol. The lowest BCUT2D eigenvalue weighted by atomic mass is 9.84. The van der Waals surface area contributed by atoms with Crippen molar-refractivity contribution in [3.63, 3.8) is 0 Å². The largest absolute Gasteiger partial charge is 0.479 e. The number of aliphatic carboxylic acids is 2. The lowest BCUT2D eigenvalue weighted by Crippen LogP contribution is -2.48. The minimum Gasteiger partial charge on any atom is -0.479 e. The van der Waals surface area contributed by atoms with Gasteiger partial charge in [0, 0.05) is 11.5 Å². The first-order valence-corrected chi connectivity index (χ1v) is 4.74. The van der Waals surface area contributed by atoms with E-state index in [9.17, 15) is 14.7 Å². The number of rotatable bonds is 6. The van der Waals surface area contributed by atoms with Crippen LogP contribution < -0.4 is 0 Å². The number of carboxylic acid groups (broad SMARTS) is 2. The van der Waals surface area contributed by atoms with Crippen molar-refractivity contribution in [2.24, 2.45) is 5.92 Å². The van der Waals surface area contributed by atoms with E-state index in [0.717, 1.165) is 0 Å². The zero-order valence-electron chi connectivity index (χ0n) is 9.17. The minimum atomic E-state index is -2.32. The molecular formula is C10H16O6. The molecule has 0 unspecified atom stereocenters. The van der Waals surface area contributed by atoms with E-state index in [1.54, 1.807) is 0 Å². The van der Waals surface area contributed by atoms with Gasteiger partial charge in [-0.05, 0) is 13.3 Å². The topological polar surface area (TPSA) is 115 Å². The van der Waals surface area contributed by atoms with Gasteiger partial charge in [-0.2, -0.15) is 0 Å². The Balaban J connectivity index is 4.86. The zero-order valence-corrected chi connectivity index (χ0v) is 9.17. The van der Waals surface area contributed by atoms with Gasteiger partial charge in [0.15, 0.2) is 5.60 Å². The fourth-order valence-electron chi connectivity index (χ4n) is 1.26. The molecular weight excluding hydrogens is 216 g/mol. The van der Waals surface area contributed by atoms with Gasteiger partial charge in [0.2, 0.25) is 0 Å². The number of hydrogen-bond donors (Lipinski definition) is 4. The third-order valence-corrected chi connectivity index (χ3v) is 2.58. The molecule has 0 aromatic heterocycles. The van der Waals surface area contributed by atoms with Gasteiger partial charge in [-0.3, -0.25) is 0 Å². The Hall–Kier alpha value is -1.40. The van der Waals surface area contributed by atoms with E-state index in [4.69, 9.17) is 15.3 Å². The lowest BCUT2D eigenvalue weighted by Gasteiger charge is -2.27. The van der Waals surface area contributed by atoms with Crippen LogP contribution in [-0.4, -0.2) is 44.6 Å². The van der Waals surface area contributed by atoms with Crippen molar-refractivity contribution in [1.82, 2.24) is 0 Å². The monoisotopic (exact) mass is 232 g/mol. The highest BCUT2D eigenvalue weighted by atomic mass is 16.4. The van der Waals surface area contributed by atoms with Crippen LogP contribution in [0.5, 0.6) is 0 Å². The van der Waals surface area contributed by atoms with Crippen LogP contribution in [-0.2, 0) is 9.59 Å². The van der Waals surface area contributed by atoms with E-state index in [1.807, 2.05) is 0 Å². The van der Waals surface area contributed by atoms with Crippen molar-refractivity contribution in [3.05, 3.63) is 11.6 Å². The molecule has 4 N–H and O–H groups in total. The van der Waals surface area contributed by atoms with Crippen LogP contribution >= 0.6 is 0 Å². The summed E-state index contributed by atoms with van der Waals surface area (Å²) in [6, 6.07) is 0. The Kier molecular flexibility index (Phi) is 5.13. The quantitative estimate of drug-likeness (QED) is 0.473. The average Bonchev–Trinajstić information content (AvgIpc) is 2.23. The van der Waals surface area contributed by atoms with Gasteiger partial charge in [0.25, 0.3) is 0 Å². The van der Waals surface area contributed by atoms with Crippen LogP contribution in [0.25, 0.3) is 0 Å². The third-order valence-electron chi connectivity index (χ3n) is 2.58. The molecule has 0 saturated carbocycles. The van der Waals surface area contributed by atoms with Gasteiger partial charge in [0.05, 0.1) is 6.61 Å². The Labute approximate surface area is 92.8 Å². The Morgan fingerprint density at radius 1 is 1.38 bits per heavy atom. The number of aliphatic hydroxyl groups excluding tert-OH is 1. The fraction of sp³-hybridized carbons (Fsp3) is 0.600. The molecule has 0 aromatic carbocycles. The molecule has 0 spiro atoms. The molecule has 0 heterocycles. The summed E-state index contributed by atoms with van der Waals surface area (Å²) in [6.07, 6.45) is 1.20. The number of allylic oxidation sites excluding steroid dienone is 1. The van der Waals surface area contributed by atoms with Crippen molar-refractivity contribution in [1.29, 1.82) is 0 Å². The molecule has 6 nitrogen and oxygen atoms in total. The van der Waals surface area contributed by atoms with Gasteiger partial charge in [-0.15, -0.1) is 0 Å². The smallest absolute Gasteiger partial charge is 0.338 e. The summed E-state index contributed by atoms with van der Waals surface area (Å²) in [5, 5.41) is 36.0. The Morgan fingerprint density at radius 3 is 2.12 bits per heavy atom. The Bertz CT molecular complexity index is 308. The number of carboxylic acids is 2. The van der Waals surface area contributed by atoms with Crippen LogP contribution in [0.4, 0.5) is 0 Å². The van der Waals surface area contributed by atoms with Crippen molar-refractivity contribution < 1.29 is 30.0 Å². The first kappa shape index (κ1) is 14.6. The molecule has 0 aliphatic carbocycles. The highest BCUT2D eigenvalue weighted by Crippen LogP contribution is 2.24. The lowest BCUT2D eigenvalue weighted by molar-refractivity contribution is -0.169. The molecule has 0 aliphatic rings. The summed E-state index contributed by atoms with van der Waals surface area (Å²) in [5.41, 5.74) is -2.32. The first-order valence-electron chi connectivity index (χ1n) is 4.74. The molecule has 0 rings (SSSR count). The van der Waals surface area contributed by atoms with Gasteiger partial charge in [-0.25, -0.2) is 9.59 Å². The second kappa shape index (κ2) is 5.62. The van der Waals surface area contributed by atoms with Crippen LogP contribution in [0.2, 0.25) is 0 Å². The molecule has 0 radical (unpaired) electrons. The summed E-state index contributed by atoms with van der Waals surface area (Å²) in [5.74, 6) is -3.64. The van der Waals surface area contributed by atoms with Gasteiger partial charge in [-0.1, -0.05) is 13.0 Å². The molecule has 0 saturated heterocycles. The fourth-order valence-corrected chi connectivity index (χ4v) is 1.26. The number of hydrogen-bond acceptors (Lipinski definition) is 4. The van der Waals surface area contributed by atoms with Crippen LogP contribution in [0, 0.1) is 5.92 Å². The summed E-state index contributed by atoms with van der Waals surface area (Å²) >= 11 is 0. The molecule has 0 amide bonds. The van der Waals surface area contributed by atoms with Crippen molar-refractivity contribution in [2.75, 3.05) is 6.61 Å². The maximum Gasteiger partial charge on any atom is 0.338 e. The number of carbonyl (C=O) groups is 2. The third kappa shape index (κ3) is 3.04. The van der Waals surface area contributed by atoms with Gasteiger partial charge >= 0.3 is 11.9 Å². The SMILES string of the molecule is C/C=C(\C[C@H](C)[C@](O)(CO)C(=O)O)C(=O)O. The van der Waals surface area contributed by atoms with Crippen molar-refractivity contribution in [2.45, 2.75) is 25.9 Å². The zero-order chi connectivity index (χ0) is 12.9. The van der Waals surface area contributed by atoms with E-state index in [2.05, 4.69) is 0 Å². The maximum absolute atomic E-state index is 10.8. The molecule has 2 atom stereocenters. The summed E-state index contributed by atoms with van der Waals surface area (Å²) < 4.78 is 0. The van der Waals surface area contributed by atoms with E-state index in [-0.39, 0.29) is 12.0 Å². The standard InChI is InChI=1S/C10H16O6/c1-3-7(8(12)13)4-6(2)10(16,5-11)9(14)15/h3,6,11,16H,4-5H2,1-2H3,(H,12,13)(H,14,15)/b7-3+/t6-,10+/m0/s1. The molecule has 6 heteroatoms. The molecule has 0 aliphatic heterocycles. The van der Waals surface area contributed by atoms with E-state index in [0.29, 0.717) is 0 Å².